The fourth-order valence-electron chi connectivity index (χ4n) is 9.13. The van der Waals surface area contributed by atoms with Crippen LogP contribution in [0.15, 0.2) is 181 Å². The quantitative estimate of drug-likeness (QED) is 0.121. The zero-order valence-corrected chi connectivity index (χ0v) is 32.1. The van der Waals surface area contributed by atoms with Crippen LogP contribution in [0.1, 0.15) is 36.0 Å². The third-order valence-corrected chi connectivity index (χ3v) is 12.2. The van der Waals surface area contributed by atoms with Gasteiger partial charge in [0.25, 0.3) is 0 Å². The second-order valence-electron chi connectivity index (χ2n) is 15.8. The van der Waals surface area contributed by atoms with Crippen LogP contribution >= 0.6 is 0 Å². The predicted molar refractivity (Wildman–Crippen MR) is 245 cm³/mol. The number of nitrogens with two attached hydrogens (primary N) is 1. The topological polar surface area (TPSA) is 38.0 Å². The fourth-order valence-corrected chi connectivity index (χ4v) is 9.13. The van der Waals surface area contributed by atoms with Crippen molar-refractivity contribution in [2.45, 2.75) is 31.7 Å². The second-order valence-corrected chi connectivity index (χ2v) is 15.8. The maximum absolute atomic E-state index is 7.11. The molecule has 2 heteroatoms. The van der Waals surface area contributed by atoms with Crippen molar-refractivity contribution in [3.63, 3.8) is 0 Å². The Morgan fingerprint density at radius 1 is 0.684 bits per heavy atom. The molecule has 0 spiro atoms. The van der Waals surface area contributed by atoms with Gasteiger partial charge in [-0.2, -0.15) is 0 Å². The number of nitrogens with one attached hydrogen (secondary N) is 1. The SMILES string of the molecule is NC(/C=C(\C=C\c1ccc2ccccc2c1)C1C=c2ccccc2=CC1)C1C=CC(Nc2ccccc2-c2cc3c(c4ccc5ccccc5c24)CCC=C3)=CC1. The van der Waals surface area contributed by atoms with Gasteiger partial charge >= 0.3 is 0 Å². The molecule has 3 atom stereocenters. The second kappa shape index (κ2) is 15.2. The molecular formula is C55H46N2. The van der Waals surface area contributed by atoms with Gasteiger partial charge < -0.3 is 11.1 Å². The van der Waals surface area contributed by atoms with Crippen molar-refractivity contribution in [3.8, 4) is 11.1 Å². The molecule has 276 valence electrons. The van der Waals surface area contributed by atoms with Gasteiger partial charge in [0.15, 0.2) is 0 Å². The van der Waals surface area contributed by atoms with Crippen LogP contribution < -0.4 is 21.5 Å². The Hall–Kier alpha value is -6.48. The molecule has 0 aromatic heterocycles. The van der Waals surface area contributed by atoms with Crippen LogP contribution in [-0.4, -0.2) is 6.04 Å². The van der Waals surface area contributed by atoms with Gasteiger partial charge in [-0.1, -0.05) is 170 Å². The van der Waals surface area contributed by atoms with Crippen molar-refractivity contribution in [2.75, 3.05) is 5.32 Å². The van der Waals surface area contributed by atoms with E-state index in [1.165, 1.54) is 76.1 Å². The lowest BCUT2D eigenvalue weighted by molar-refractivity contribution is 0.572. The van der Waals surface area contributed by atoms with Gasteiger partial charge in [-0.05, 0) is 126 Å². The van der Waals surface area contributed by atoms with Crippen molar-refractivity contribution in [3.05, 3.63) is 208 Å². The van der Waals surface area contributed by atoms with Crippen molar-refractivity contribution in [2.24, 2.45) is 17.6 Å². The maximum atomic E-state index is 7.11. The zero-order valence-electron chi connectivity index (χ0n) is 32.1. The molecule has 3 aliphatic carbocycles. The van der Waals surface area contributed by atoms with Crippen molar-refractivity contribution < 1.29 is 0 Å². The zero-order chi connectivity index (χ0) is 38.1. The van der Waals surface area contributed by atoms with E-state index in [1.54, 1.807) is 0 Å². The molecule has 10 rings (SSSR count). The lowest BCUT2D eigenvalue weighted by Gasteiger charge is -2.24. The van der Waals surface area contributed by atoms with Crippen LogP contribution in [0.5, 0.6) is 0 Å². The summed E-state index contributed by atoms with van der Waals surface area (Å²) < 4.78 is 0. The number of benzene rings is 7. The minimum atomic E-state index is -0.128. The number of hydrogen-bond donors (Lipinski definition) is 2. The number of anilines is 1. The van der Waals surface area contributed by atoms with Crippen LogP contribution in [0.2, 0.25) is 0 Å². The molecule has 0 amide bonds. The molecule has 2 nitrogen and oxygen atoms in total. The van der Waals surface area contributed by atoms with E-state index in [4.69, 9.17) is 5.73 Å². The van der Waals surface area contributed by atoms with E-state index >= 15 is 0 Å². The molecular weight excluding hydrogens is 689 g/mol. The van der Waals surface area contributed by atoms with Crippen LogP contribution in [0.4, 0.5) is 5.69 Å². The molecule has 0 saturated carbocycles. The molecule has 7 aromatic rings. The Morgan fingerprint density at radius 2 is 1.47 bits per heavy atom. The molecule has 0 aliphatic heterocycles. The molecule has 0 bridgehead atoms. The summed E-state index contributed by atoms with van der Waals surface area (Å²) in [6.07, 6.45) is 27.1. The fraction of sp³-hybridized carbons (Fsp3) is 0.127. The van der Waals surface area contributed by atoms with E-state index in [-0.39, 0.29) is 17.9 Å². The summed E-state index contributed by atoms with van der Waals surface area (Å²) in [4.78, 5) is 0. The average Bonchev–Trinajstić information content (AvgIpc) is 3.27. The number of hydrogen-bond acceptors (Lipinski definition) is 2. The van der Waals surface area contributed by atoms with Gasteiger partial charge in [0.2, 0.25) is 0 Å². The molecule has 57 heavy (non-hydrogen) atoms. The summed E-state index contributed by atoms with van der Waals surface area (Å²) in [7, 11) is 0. The highest BCUT2D eigenvalue weighted by molar-refractivity contribution is 6.17. The first-order valence-corrected chi connectivity index (χ1v) is 20.4. The number of allylic oxidation sites excluding steroid dienone is 5. The van der Waals surface area contributed by atoms with E-state index in [9.17, 15) is 0 Å². The summed E-state index contributed by atoms with van der Waals surface area (Å²) in [6.45, 7) is 0. The van der Waals surface area contributed by atoms with Gasteiger partial charge in [0, 0.05) is 28.9 Å². The Morgan fingerprint density at radius 3 is 2.37 bits per heavy atom. The summed E-state index contributed by atoms with van der Waals surface area (Å²) in [5, 5.41) is 14.2. The average molecular weight is 735 g/mol. The minimum Gasteiger partial charge on any atom is -0.355 e. The lowest BCUT2D eigenvalue weighted by atomic mass is 9.84. The highest BCUT2D eigenvalue weighted by Gasteiger charge is 2.21. The number of fused-ring (bicyclic) bond motifs is 7. The Bertz CT molecular complexity index is 2970. The van der Waals surface area contributed by atoms with Gasteiger partial charge in [-0.15, -0.1) is 0 Å². The third kappa shape index (κ3) is 6.99. The Balaban J connectivity index is 0.938. The minimum absolute atomic E-state index is 0.128. The van der Waals surface area contributed by atoms with Crippen molar-refractivity contribution in [1.82, 2.24) is 0 Å². The molecule has 0 heterocycles. The van der Waals surface area contributed by atoms with Crippen LogP contribution in [0.25, 0.3) is 67.7 Å². The Labute approximate surface area is 335 Å². The highest BCUT2D eigenvalue weighted by atomic mass is 14.9. The smallest absolute Gasteiger partial charge is 0.0464 e. The summed E-state index contributed by atoms with van der Waals surface area (Å²) in [5.41, 5.74) is 17.0. The van der Waals surface area contributed by atoms with Gasteiger partial charge in [-0.25, -0.2) is 0 Å². The summed E-state index contributed by atoms with van der Waals surface area (Å²) in [5.74, 6) is 0.448. The standard InChI is InChI=1S/C55H46N2/c56-53(36-45(44-26-25-39-12-2-4-15-43(39)34-44)24-22-37-21-23-38-11-1-3-14-42(38)33-37)41-27-30-47(31-28-41)57-54-20-10-9-19-50(54)52-35-46-16-6-7-17-48(46)51-32-29-40-13-5-8-18-49(40)55(51)52/h1-6,8-16,18-25,27,29-36,41,44,53,57H,7,17,26,28,56H2/b24-22+,45-36+. The highest BCUT2D eigenvalue weighted by Crippen LogP contribution is 2.42. The molecule has 3 N–H and O–H groups in total. The predicted octanol–water partition coefficient (Wildman–Crippen LogP) is 11.9. The number of para-hydroxylation sites is 1. The normalized spacial score (nSPS) is 18.2. The maximum Gasteiger partial charge on any atom is 0.0464 e. The van der Waals surface area contributed by atoms with Crippen LogP contribution in [0, 0.1) is 11.8 Å². The van der Waals surface area contributed by atoms with Gasteiger partial charge in [0.05, 0.1) is 0 Å². The molecule has 0 fully saturated rings. The lowest BCUT2D eigenvalue weighted by Crippen LogP contribution is -2.30. The number of aryl methyl sites for hydroxylation is 1. The monoisotopic (exact) mass is 734 g/mol. The van der Waals surface area contributed by atoms with Crippen LogP contribution in [0.3, 0.4) is 0 Å². The molecule has 0 radical (unpaired) electrons. The largest absolute Gasteiger partial charge is 0.355 e. The molecule has 7 aromatic carbocycles. The first-order chi connectivity index (χ1) is 28.1. The van der Waals surface area contributed by atoms with E-state index in [0.29, 0.717) is 0 Å². The van der Waals surface area contributed by atoms with Gasteiger partial charge in [0.1, 0.15) is 0 Å². The van der Waals surface area contributed by atoms with Crippen molar-refractivity contribution in [1.29, 1.82) is 0 Å². The first kappa shape index (κ1) is 35.0. The van der Waals surface area contributed by atoms with E-state index in [2.05, 4.69) is 200 Å². The number of rotatable bonds is 8. The Kier molecular flexibility index (Phi) is 9.34. The summed E-state index contributed by atoms with van der Waals surface area (Å²) >= 11 is 0. The first-order valence-electron chi connectivity index (χ1n) is 20.4. The summed E-state index contributed by atoms with van der Waals surface area (Å²) in [6, 6.07) is 48.4. The van der Waals surface area contributed by atoms with E-state index in [1.807, 2.05) is 0 Å². The van der Waals surface area contributed by atoms with Crippen molar-refractivity contribution >= 4 is 62.3 Å². The van der Waals surface area contributed by atoms with Crippen LogP contribution in [-0.2, 0) is 6.42 Å². The molecule has 3 unspecified atom stereocenters. The van der Waals surface area contributed by atoms with E-state index in [0.717, 1.165) is 37.1 Å². The van der Waals surface area contributed by atoms with Gasteiger partial charge in [-0.3, -0.25) is 0 Å². The molecule has 3 aliphatic rings. The van der Waals surface area contributed by atoms with E-state index < -0.39 is 0 Å². The molecule has 0 saturated heterocycles. The third-order valence-electron chi connectivity index (χ3n) is 12.2.